The fourth-order valence-corrected chi connectivity index (χ4v) is 6.06. The van der Waals surface area contributed by atoms with Crippen LogP contribution in [-0.4, -0.2) is 54.2 Å². The van der Waals surface area contributed by atoms with Crippen molar-refractivity contribution in [2.45, 2.75) is 55.9 Å². The van der Waals surface area contributed by atoms with E-state index in [1.807, 2.05) is 4.90 Å². The van der Waals surface area contributed by atoms with E-state index in [4.69, 9.17) is 18.0 Å². The van der Waals surface area contributed by atoms with Gasteiger partial charge in [-0.3, -0.25) is 4.79 Å². The largest absolute Gasteiger partial charge is 0.328 e. The molecule has 1 aliphatic heterocycles. The van der Waals surface area contributed by atoms with Crippen LogP contribution in [0.5, 0.6) is 0 Å². The SMILES string of the molecule is C#CCN(C(=O)C1CCN(S(=O)(=O)c2cccnc2Cl)CC1)C1CCCCC1. The first kappa shape index (κ1) is 21.1. The second-order valence-electron chi connectivity index (χ2n) is 7.43. The van der Waals surface area contributed by atoms with E-state index in [0.29, 0.717) is 32.5 Å². The van der Waals surface area contributed by atoms with Gasteiger partial charge in [-0.1, -0.05) is 36.8 Å². The Morgan fingerprint density at radius 1 is 1.25 bits per heavy atom. The molecule has 1 saturated heterocycles. The van der Waals surface area contributed by atoms with Gasteiger partial charge in [0.05, 0.1) is 6.54 Å². The molecule has 0 atom stereocenters. The molecule has 1 amide bonds. The zero-order valence-electron chi connectivity index (χ0n) is 15.9. The molecule has 152 valence electrons. The first-order valence-electron chi connectivity index (χ1n) is 9.79. The number of carbonyl (C=O) groups is 1. The van der Waals surface area contributed by atoms with Crippen molar-refractivity contribution < 1.29 is 13.2 Å². The molecule has 1 aromatic heterocycles. The van der Waals surface area contributed by atoms with Gasteiger partial charge >= 0.3 is 0 Å². The summed E-state index contributed by atoms with van der Waals surface area (Å²) < 4.78 is 27.1. The Hall–Kier alpha value is -1.62. The number of amides is 1. The second-order valence-corrected chi connectivity index (χ2v) is 9.70. The zero-order chi connectivity index (χ0) is 20.1. The van der Waals surface area contributed by atoms with Gasteiger partial charge in [0.2, 0.25) is 15.9 Å². The smallest absolute Gasteiger partial charge is 0.246 e. The van der Waals surface area contributed by atoms with Crippen LogP contribution in [0.1, 0.15) is 44.9 Å². The summed E-state index contributed by atoms with van der Waals surface area (Å²) in [7, 11) is -3.71. The summed E-state index contributed by atoms with van der Waals surface area (Å²) in [5, 5.41) is -0.0295. The van der Waals surface area contributed by atoms with E-state index in [1.165, 1.54) is 23.0 Å². The molecule has 2 aliphatic rings. The van der Waals surface area contributed by atoms with Gasteiger partial charge in [-0.2, -0.15) is 4.31 Å². The summed E-state index contributed by atoms with van der Waals surface area (Å²) in [4.78, 5) is 18.8. The Bertz CT molecular complexity index is 838. The van der Waals surface area contributed by atoms with E-state index in [9.17, 15) is 13.2 Å². The number of hydrogen-bond donors (Lipinski definition) is 0. The summed E-state index contributed by atoms with van der Waals surface area (Å²) in [6, 6.07) is 3.23. The third kappa shape index (κ3) is 4.51. The van der Waals surface area contributed by atoms with Crippen LogP contribution in [0.2, 0.25) is 5.15 Å². The summed E-state index contributed by atoms with van der Waals surface area (Å²) in [6.45, 7) is 0.907. The summed E-state index contributed by atoms with van der Waals surface area (Å²) >= 11 is 5.97. The number of rotatable bonds is 5. The van der Waals surface area contributed by atoms with Gasteiger partial charge < -0.3 is 4.90 Å². The summed E-state index contributed by atoms with van der Waals surface area (Å²) in [6.07, 6.45) is 13.4. The maximum atomic E-state index is 13.1. The van der Waals surface area contributed by atoms with Crippen molar-refractivity contribution in [2.75, 3.05) is 19.6 Å². The van der Waals surface area contributed by atoms with E-state index in [1.54, 1.807) is 6.07 Å². The predicted molar refractivity (Wildman–Crippen MR) is 108 cm³/mol. The lowest BCUT2D eigenvalue weighted by Crippen LogP contribution is -2.48. The standard InChI is InChI=1S/C20H26ClN3O3S/c1-2-13-24(17-7-4-3-5-8-17)20(25)16-10-14-23(15-11-16)28(26,27)18-9-6-12-22-19(18)21/h1,6,9,12,16-17H,3-5,7-8,10-11,13-15H2. The third-order valence-electron chi connectivity index (χ3n) is 5.71. The lowest BCUT2D eigenvalue weighted by atomic mass is 9.91. The van der Waals surface area contributed by atoms with Crippen LogP contribution in [0.15, 0.2) is 23.2 Å². The minimum absolute atomic E-state index is 0.0117. The van der Waals surface area contributed by atoms with Crippen LogP contribution < -0.4 is 0 Å². The average molecular weight is 424 g/mol. The van der Waals surface area contributed by atoms with Crippen LogP contribution in [0.4, 0.5) is 0 Å². The van der Waals surface area contributed by atoms with Crippen LogP contribution in [-0.2, 0) is 14.8 Å². The first-order chi connectivity index (χ1) is 13.4. The number of sulfonamides is 1. The molecule has 8 heteroatoms. The van der Waals surface area contributed by atoms with Gasteiger partial charge in [-0.05, 0) is 37.8 Å². The molecule has 3 rings (SSSR count). The van der Waals surface area contributed by atoms with Crippen molar-refractivity contribution in [3.63, 3.8) is 0 Å². The van der Waals surface area contributed by atoms with Crippen molar-refractivity contribution in [1.82, 2.24) is 14.2 Å². The first-order valence-corrected chi connectivity index (χ1v) is 11.6. The number of piperidine rings is 1. The molecule has 1 saturated carbocycles. The van der Waals surface area contributed by atoms with Gasteiger partial charge in [-0.15, -0.1) is 6.42 Å². The van der Waals surface area contributed by atoms with Crippen molar-refractivity contribution >= 4 is 27.5 Å². The Kier molecular flexibility index (Phi) is 6.97. The number of carbonyl (C=O) groups excluding carboxylic acids is 1. The molecule has 0 radical (unpaired) electrons. The van der Waals surface area contributed by atoms with Crippen LogP contribution in [0, 0.1) is 18.3 Å². The molecule has 6 nitrogen and oxygen atoms in total. The van der Waals surface area contributed by atoms with Gasteiger partial charge in [0, 0.05) is 31.2 Å². The average Bonchev–Trinajstić information content (AvgIpc) is 2.72. The lowest BCUT2D eigenvalue weighted by Gasteiger charge is -2.38. The highest BCUT2D eigenvalue weighted by atomic mass is 35.5. The van der Waals surface area contributed by atoms with E-state index >= 15 is 0 Å². The van der Waals surface area contributed by atoms with Gasteiger partial charge in [-0.25, -0.2) is 13.4 Å². The lowest BCUT2D eigenvalue weighted by molar-refractivity contribution is -0.139. The Morgan fingerprint density at radius 3 is 2.54 bits per heavy atom. The quantitative estimate of drug-likeness (QED) is 0.539. The highest BCUT2D eigenvalue weighted by Crippen LogP contribution is 2.30. The normalized spacial score (nSPS) is 19.9. The third-order valence-corrected chi connectivity index (χ3v) is 8.05. The Labute approximate surface area is 172 Å². The molecule has 28 heavy (non-hydrogen) atoms. The number of halogens is 1. The van der Waals surface area contributed by atoms with Crippen LogP contribution in [0.3, 0.4) is 0 Å². The number of pyridine rings is 1. The molecule has 2 heterocycles. The number of nitrogens with zero attached hydrogens (tertiary/aromatic N) is 3. The van der Waals surface area contributed by atoms with E-state index < -0.39 is 10.0 Å². The van der Waals surface area contributed by atoms with Gasteiger partial charge in [0.25, 0.3) is 0 Å². The minimum atomic E-state index is -3.71. The van der Waals surface area contributed by atoms with E-state index in [2.05, 4.69) is 10.9 Å². The maximum absolute atomic E-state index is 13.1. The molecule has 1 aliphatic carbocycles. The van der Waals surface area contributed by atoms with Crippen LogP contribution >= 0.6 is 11.6 Å². The fourth-order valence-electron chi connectivity index (χ4n) is 4.16. The molecule has 2 fully saturated rings. The molecule has 0 N–H and O–H groups in total. The molecule has 1 aromatic rings. The van der Waals surface area contributed by atoms with Gasteiger partial charge in [0.1, 0.15) is 10.0 Å². The van der Waals surface area contributed by atoms with Crippen LogP contribution in [0.25, 0.3) is 0 Å². The molecule has 0 bridgehead atoms. The van der Waals surface area contributed by atoms with E-state index in [0.717, 1.165) is 25.7 Å². The molecule has 0 spiro atoms. The second kappa shape index (κ2) is 9.25. The molecule has 0 aromatic carbocycles. The summed E-state index contributed by atoms with van der Waals surface area (Å²) in [5.41, 5.74) is 0. The zero-order valence-corrected chi connectivity index (χ0v) is 17.5. The van der Waals surface area contributed by atoms with Crippen molar-refractivity contribution in [1.29, 1.82) is 0 Å². The van der Waals surface area contributed by atoms with Crippen molar-refractivity contribution in [3.05, 3.63) is 23.5 Å². The molecular formula is C20H26ClN3O3S. The van der Waals surface area contributed by atoms with Crippen molar-refractivity contribution in [3.8, 4) is 12.3 Å². The number of hydrogen-bond acceptors (Lipinski definition) is 4. The summed E-state index contributed by atoms with van der Waals surface area (Å²) in [5.74, 6) is 2.50. The molecular weight excluding hydrogens is 398 g/mol. The number of aromatic nitrogens is 1. The predicted octanol–water partition coefficient (Wildman–Crippen LogP) is 2.93. The highest BCUT2D eigenvalue weighted by Gasteiger charge is 2.36. The van der Waals surface area contributed by atoms with Gasteiger partial charge in [0.15, 0.2) is 0 Å². The monoisotopic (exact) mass is 423 g/mol. The highest BCUT2D eigenvalue weighted by molar-refractivity contribution is 7.89. The molecule has 0 unspecified atom stereocenters. The fraction of sp³-hybridized carbons (Fsp3) is 0.600. The van der Waals surface area contributed by atoms with E-state index in [-0.39, 0.29) is 27.9 Å². The van der Waals surface area contributed by atoms with Crippen molar-refractivity contribution in [2.24, 2.45) is 5.92 Å². The maximum Gasteiger partial charge on any atom is 0.246 e. The Morgan fingerprint density at radius 2 is 1.93 bits per heavy atom. The number of terminal acetylenes is 1. The topological polar surface area (TPSA) is 70.6 Å². The Balaban J connectivity index is 1.66. The minimum Gasteiger partial charge on any atom is -0.328 e.